The molecule has 1 unspecified atom stereocenters. The van der Waals surface area contributed by atoms with Crippen molar-refractivity contribution in [3.8, 4) is 0 Å². The molecule has 0 aliphatic heterocycles. The predicted molar refractivity (Wildman–Crippen MR) is 55.0 cm³/mol. The Labute approximate surface area is 76.7 Å². The molecule has 0 saturated heterocycles. The Morgan fingerprint density at radius 1 is 0.917 bits per heavy atom. The van der Waals surface area contributed by atoms with Crippen LogP contribution in [0.3, 0.4) is 0 Å². The van der Waals surface area contributed by atoms with Crippen LogP contribution in [0.4, 0.5) is 0 Å². The van der Waals surface area contributed by atoms with Crippen molar-refractivity contribution in [2.24, 2.45) is 11.5 Å². The summed E-state index contributed by atoms with van der Waals surface area (Å²) in [6.45, 7) is 2.92. The molecule has 2 nitrogen and oxygen atoms in total. The number of nitrogens with two attached hydrogens (primary N) is 2. The summed E-state index contributed by atoms with van der Waals surface area (Å²) in [4.78, 5) is 0. The van der Waals surface area contributed by atoms with E-state index >= 15 is 0 Å². The highest BCUT2D eigenvalue weighted by atomic mass is 14.6. The Kier molecular flexibility index (Phi) is 8.95. The van der Waals surface area contributed by atoms with Crippen molar-refractivity contribution in [2.75, 3.05) is 6.54 Å². The van der Waals surface area contributed by atoms with Crippen LogP contribution in [-0.4, -0.2) is 12.6 Å². The van der Waals surface area contributed by atoms with Crippen molar-refractivity contribution in [2.45, 2.75) is 57.9 Å². The molecule has 1 atom stereocenters. The van der Waals surface area contributed by atoms with Crippen LogP contribution in [0.15, 0.2) is 0 Å². The first-order valence-corrected chi connectivity index (χ1v) is 5.23. The molecular weight excluding hydrogens is 148 g/mol. The fourth-order valence-electron chi connectivity index (χ4n) is 1.32. The molecule has 0 aromatic heterocycles. The second-order valence-corrected chi connectivity index (χ2v) is 3.68. The van der Waals surface area contributed by atoms with Gasteiger partial charge in [0.2, 0.25) is 0 Å². The minimum atomic E-state index is 0.383. The molecule has 2 heteroatoms. The van der Waals surface area contributed by atoms with Crippen LogP contribution in [0.2, 0.25) is 0 Å². The van der Waals surface area contributed by atoms with Crippen LogP contribution in [0.1, 0.15) is 51.9 Å². The lowest BCUT2D eigenvalue weighted by Gasteiger charge is -2.03. The van der Waals surface area contributed by atoms with Crippen LogP contribution in [0, 0.1) is 0 Å². The predicted octanol–water partition coefficient (Wildman–Crippen LogP) is 2.02. The molecule has 12 heavy (non-hydrogen) atoms. The van der Waals surface area contributed by atoms with Gasteiger partial charge in [0.15, 0.2) is 0 Å². The molecule has 0 spiro atoms. The Morgan fingerprint density at radius 2 is 1.42 bits per heavy atom. The molecule has 0 rings (SSSR count). The van der Waals surface area contributed by atoms with Gasteiger partial charge in [-0.05, 0) is 26.3 Å². The molecule has 0 amide bonds. The highest BCUT2D eigenvalue weighted by Crippen LogP contribution is 2.07. The molecule has 0 aliphatic rings. The first kappa shape index (κ1) is 11.9. The zero-order valence-corrected chi connectivity index (χ0v) is 8.39. The summed E-state index contributed by atoms with van der Waals surface area (Å²) >= 11 is 0. The lowest BCUT2D eigenvalue weighted by molar-refractivity contribution is 0.550. The summed E-state index contributed by atoms with van der Waals surface area (Å²) < 4.78 is 0. The van der Waals surface area contributed by atoms with Crippen LogP contribution in [0.5, 0.6) is 0 Å². The molecule has 0 aromatic carbocycles. The summed E-state index contributed by atoms with van der Waals surface area (Å²) in [7, 11) is 0. The minimum Gasteiger partial charge on any atom is -0.330 e. The molecule has 0 heterocycles. The van der Waals surface area contributed by atoms with Crippen molar-refractivity contribution in [1.29, 1.82) is 0 Å². The highest BCUT2D eigenvalue weighted by Gasteiger charge is 1.94. The molecule has 0 bridgehead atoms. The van der Waals surface area contributed by atoms with Crippen molar-refractivity contribution in [1.82, 2.24) is 0 Å². The Hall–Kier alpha value is -0.0800. The topological polar surface area (TPSA) is 52.0 Å². The molecule has 0 aromatic rings. The average molecular weight is 172 g/mol. The van der Waals surface area contributed by atoms with Gasteiger partial charge in [-0.15, -0.1) is 0 Å². The third kappa shape index (κ3) is 9.92. The molecule has 0 saturated carbocycles. The average Bonchev–Trinajstić information content (AvgIpc) is 2.02. The third-order valence-electron chi connectivity index (χ3n) is 2.11. The van der Waals surface area contributed by atoms with Gasteiger partial charge >= 0.3 is 0 Å². The van der Waals surface area contributed by atoms with Crippen LogP contribution < -0.4 is 11.5 Å². The van der Waals surface area contributed by atoms with E-state index in [0.29, 0.717) is 6.04 Å². The van der Waals surface area contributed by atoms with E-state index < -0.39 is 0 Å². The zero-order chi connectivity index (χ0) is 9.23. The van der Waals surface area contributed by atoms with Crippen molar-refractivity contribution in [3.05, 3.63) is 0 Å². The molecular formula is C10H24N2. The normalized spacial score (nSPS) is 13.2. The second-order valence-electron chi connectivity index (χ2n) is 3.68. The van der Waals surface area contributed by atoms with E-state index in [4.69, 9.17) is 11.5 Å². The molecule has 0 radical (unpaired) electrons. The Morgan fingerprint density at radius 3 is 1.92 bits per heavy atom. The standard InChI is InChI=1S/C10H24N2/c1-10(12)8-6-4-2-3-5-7-9-11/h10H,2-9,11-12H2,1H3. The summed E-state index contributed by atoms with van der Waals surface area (Å²) in [6, 6.07) is 0.383. The monoisotopic (exact) mass is 172 g/mol. The lowest BCUT2D eigenvalue weighted by atomic mass is 10.1. The second kappa shape index (κ2) is 9.01. The zero-order valence-electron chi connectivity index (χ0n) is 8.39. The maximum atomic E-state index is 5.64. The fourth-order valence-corrected chi connectivity index (χ4v) is 1.32. The van der Waals surface area contributed by atoms with E-state index in [9.17, 15) is 0 Å². The van der Waals surface area contributed by atoms with E-state index in [-0.39, 0.29) is 0 Å². The van der Waals surface area contributed by atoms with E-state index in [1.807, 2.05) is 0 Å². The summed E-state index contributed by atoms with van der Waals surface area (Å²) in [5.74, 6) is 0. The van der Waals surface area contributed by atoms with Crippen LogP contribution >= 0.6 is 0 Å². The van der Waals surface area contributed by atoms with E-state index in [2.05, 4.69) is 6.92 Å². The Bertz CT molecular complexity index is 81.9. The van der Waals surface area contributed by atoms with E-state index in [0.717, 1.165) is 6.54 Å². The third-order valence-corrected chi connectivity index (χ3v) is 2.11. The van der Waals surface area contributed by atoms with Gasteiger partial charge in [-0.25, -0.2) is 0 Å². The highest BCUT2D eigenvalue weighted by molar-refractivity contribution is 4.53. The molecule has 0 fully saturated rings. The SMILES string of the molecule is CC(N)CCCCCCCCN. The van der Waals surface area contributed by atoms with Crippen LogP contribution in [-0.2, 0) is 0 Å². The maximum Gasteiger partial charge on any atom is 0.00104 e. The van der Waals surface area contributed by atoms with Crippen molar-refractivity contribution >= 4 is 0 Å². The van der Waals surface area contributed by atoms with Gasteiger partial charge < -0.3 is 11.5 Å². The Balaban J connectivity index is 2.82. The number of hydrogen-bond acceptors (Lipinski definition) is 2. The minimum absolute atomic E-state index is 0.383. The van der Waals surface area contributed by atoms with Crippen molar-refractivity contribution < 1.29 is 0 Å². The fraction of sp³-hybridized carbons (Fsp3) is 1.00. The van der Waals surface area contributed by atoms with Crippen LogP contribution in [0.25, 0.3) is 0 Å². The summed E-state index contributed by atoms with van der Waals surface area (Å²) in [5, 5.41) is 0. The van der Waals surface area contributed by atoms with Gasteiger partial charge in [-0.3, -0.25) is 0 Å². The first-order valence-electron chi connectivity index (χ1n) is 5.23. The lowest BCUT2D eigenvalue weighted by Crippen LogP contribution is -2.13. The maximum absolute atomic E-state index is 5.64. The van der Waals surface area contributed by atoms with Gasteiger partial charge in [0, 0.05) is 6.04 Å². The van der Waals surface area contributed by atoms with Gasteiger partial charge in [0.25, 0.3) is 0 Å². The van der Waals surface area contributed by atoms with Gasteiger partial charge in [-0.2, -0.15) is 0 Å². The van der Waals surface area contributed by atoms with Gasteiger partial charge in [0.1, 0.15) is 0 Å². The number of unbranched alkanes of at least 4 members (excludes halogenated alkanes) is 5. The molecule has 74 valence electrons. The van der Waals surface area contributed by atoms with Gasteiger partial charge in [0.05, 0.1) is 0 Å². The number of rotatable bonds is 8. The number of hydrogen-bond donors (Lipinski definition) is 2. The first-order chi connectivity index (χ1) is 5.77. The van der Waals surface area contributed by atoms with E-state index in [1.165, 1.54) is 44.9 Å². The molecule has 4 N–H and O–H groups in total. The van der Waals surface area contributed by atoms with E-state index in [1.54, 1.807) is 0 Å². The summed E-state index contributed by atoms with van der Waals surface area (Å²) in [6.07, 6.45) is 8.99. The smallest absolute Gasteiger partial charge is 0.00104 e. The largest absolute Gasteiger partial charge is 0.330 e. The van der Waals surface area contributed by atoms with Crippen molar-refractivity contribution in [3.63, 3.8) is 0 Å². The van der Waals surface area contributed by atoms with Gasteiger partial charge in [-0.1, -0.05) is 32.1 Å². The molecule has 0 aliphatic carbocycles. The quantitative estimate of drug-likeness (QED) is 0.550. The summed E-state index contributed by atoms with van der Waals surface area (Å²) in [5.41, 5.74) is 11.0.